The van der Waals surface area contributed by atoms with Gasteiger partial charge >= 0.3 is 0 Å². The van der Waals surface area contributed by atoms with Gasteiger partial charge in [-0.1, -0.05) is 18.2 Å². The van der Waals surface area contributed by atoms with E-state index in [0.29, 0.717) is 58.9 Å². The highest BCUT2D eigenvalue weighted by molar-refractivity contribution is 6.22. The third-order valence-corrected chi connectivity index (χ3v) is 9.45. The first kappa shape index (κ1) is 30.5. The number of carbonyl (C=O) groups is 3. The number of benzene rings is 3. The largest absolute Gasteiger partial charge is 0.457 e. The van der Waals surface area contributed by atoms with Crippen LogP contribution in [-0.4, -0.2) is 74.8 Å². The van der Waals surface area contributed by atoms with E-state index in [1.807, 2.05) is 71.4 Å². The molecule has 3 aliphatic rings. The summed E-state index contributed by atoms with van der Waals surface area (Å²) >= 11 is 0. The van der Waals surface area contributed by atoms with E-state index in [9.17, 15) is 14.4 Å². The Morgan fingerprint density at radius 2 is 1.59 bits per heavy atom. The van der Waals surface area contributed by atoms with Crippen molar-refractivity contribution >= 4 is 40.3 Å². The summed E-state index contributed by atoms with van der Waals surface area (Å²) in [6.07, 6.45) is 3.60. The van der Waals surface area contributed by atoms with Crippen molar-refractivity contribution in [3.63, 3.8) is 0 Å². The number of piperidine rings is 1. The third kappa shape index (κ3) is 5.71. The third-order valence-electron chi connectivity index (χ3n) is 9.45. The predicted molar refractivity (Wildman–Crippen MR) is 181 cm³/mol. The molecule has 1 atom stereocenters. The SMILES string of the molecule is Nc1ncnc2c1c(-c1ccc(Oc3ccccc3)cc1)nn2C1CCN(c2ccc3c(c2)C(=O)N(C2CCC(=O)NCOC2)C3=O)CC1. The molecule has 3 aliphatic heterocycles. The standard InChI is InChI=1S/C36H34N8O5/c37-33-31-32(22-6-10-27(11-7-22)49-26-4-2-1-3-5-26)41-44(34(31)39-20-38-33)23-14-16-42(17-15-23)24-8-12-28-29(18-24)36(47)43(35(28)46)25-9-13-30(45)40-21-48-19-25/h1-8,10-12,18,20,23,25H,9,13-17,19,21H2,(H,40,45)(H2,37,38,39). The van der Waals surface area contributed by atoms with Crippen LogP contribution >= 0.6 is 0 Å². The van der Waals surface area contributed by atoms with Crippen molar-refractivity contribution in [2.45, 2.75) is 37.8 Å². The van der Waals surface area contributed by atoms with Gasteiger partial charge in [0.1, 0.15) is 36.1 Å². The lowest BCUT2D eigenvalue weighted by atomic mass is 10.0. The van der Waals surface area contributed by atoms with E-state index >= 15 is 0 Å². The molecular weight excluding hydrogens is 624 g/mol. The molecule has 13 nitrogen and oxygen atoms in total. The van der Waals surface area contributed by atoms with E-state index in [4.69, 9.17) is 20.3 Å². The number of hydrogen-bond donors (Lipinski definition) is 2. The molecule has 3 N–H and O–H groups in total. The molecule has 248 valence electrons. The number of para-hydroxylation sites is 1. The smallest absolute Gasteiger partial charge is 0.261 e. The molecule has 5 heterocycles. The summed E-state index contributed by atoms with van der Waals surface area (Å²) in [6.45, 7) is 1.67. The minimum Gasteiger partial charge on any atom is -0.457 e. The topological polar surface area (TPSA) is 158 Å². The molecule has 0 saturated carbocycles. The maximum Gasteiger partial charge on any atom is 0.261 e. The van der Waals surface area contributed by atoms with E-state index in [0.717, 1.165) is 29.8 Å². The zero-order chi connectivity index (χ0) is 33.5. The van der Waals surface area contributed by atoms with Crippen LogP contribution in [0.4, 0.5) is 11.5 Å². The van der Waals surface area contributed by atoms with Gasteiger partial charge in [-0.3, -0.25) is 19.3 Å². The maximum atomic E-state index is 13.5. The van der Waals surface area contributed by atoms with Crippen LogP contribution in [0.25, 0.3) is 22.3 Å². The number of nitrogens with two attached hydrogens (primary N) is 1. The van der Waals surface area contributed by atoms with Gasteiger partial charge in [0.25, 0.3) is 11.8 Å². The van der Waals surface area contributed by atoms with Crippen LogP contribution in [0.1, 0.15) is 52.4 Å². The lowest BCUT2D eigenvalue weighted by Gasteiger charge is -2.34. The Morgan fingerprint density at radius 1 is 0.837 bits per heavy atom. The summed E-state index contributed by atoms with van der Waals surface area (Å²) in [7, 11) is 0. The average Bonchev–Trinajstić information content (AvgIpc) is 3.63. The highest BCUT2D eigenvalue weighted by Crippen LogP contribution is 2.37. The molecule has 8 rings (SSSR count). The molecule has 0 aliphatic carbocycles. The van der Waals surface area contributed by atoms with Crippen LogP contribution < -0.4 is 20.7 Å². The molecule has 1 unspecified atom stereocenters. The molecule has 2 fully saturated rings. The molecule has 13 heteroatoms. The van der Waals surface area contributed by atoms with Crippen molar-refractivity contribution < 1.29 is 23.9 Å². The summed E-state index contributed by atoms with van der Waals surface area (Å²) in [5.74, 6) is 0.982. The van der Waals surface area contributed by atoms with Gasteiger partial charge in [-0.25, -0.2) is 14.6 Å². The van der Waals surface area contributed by atoms with Crippen molar-refractivity contribution in [2.24, 2.45) is 0 Å². The van der Waals surface area contributed by atoms with Crippen LogP contribution in [0.15, 0.2) is 79.1 Å². The Morgan fingerprint density at radius 3 is 2.39 bits per heavy atom. The predicted octanol–water partition coefficient (Wildman–Crippen LogP) is 4.56. The van der Waals surface area contributed by atoms with Gasteiger partial charge in [0.15, 0.2) is 5.65 Å². The van der Waals surface area contributed by atoms with E-state index in [1.165, 1.54) is 11.2 Å². The summed E-state index contributed by atoms with van der Waals surface area (Å²) in [5.41, 5.74) is 10.3. The van der Waals surface area contributed by atoms with Crippen molar-refractivity contribution in [3.05, 3.63) is 90.3 Å². The normalized spacial score (nSPS) is 18.7. The summed E-state index contributed by atoms with van der Waals surface area (Å²) in [6, 6.07) is 22.4. The molecule has 0 bridgehead atoms. The molecule has 49 heavy (non-hydrogen) atoms. The zero-order valence-corrected chi connectivity index (χ0v) is 26.6. The summed E-state index contributed by atoms with van der Waals surface area (Å²) < 4.78 is 13.4. The minimum absolute atomic E-state index is 0.0618. The molecular formula is C36H34N8O5. The Hall–Kier alpha value is -5.82. The number of nitrogens with one attached hydrogen (secondary N) is 1. The lowest BCUT2D eigenvalue weighted by Crippen LogP contribution is -2.45. The quantitative estimate of drug-likeness (QED) is 0.248. The van der Waals surface area contributed by atoms with Gasteiger partial charge in [0, 0.05) is 30.8 Å². The highest BCUT2D eigenvalue weighted by Gasteiger charge is 2.41. The van der Waals surface area contributed by atoms with E-state index in [2.05, 4.69) is 20.2 Å². The van der Waals surface area contributed by atoms with Gasteiger partial charge in [-0.15, -0.1) is 0 Å². The molecule has 3 amide bonds. The fourth-order valence-corrected chi connectivity index (χ4v) is 6.90. The van der Waals surface area contributed by atoms with Crippen molar-refractivity contribution in [2.75, 3.05) is 37.1 Å². The first-order valence-electron chi connectivity index (χ1n) is 16.4. The van der Waals surface area contributed by atoms with Gasteiger partial charge in [0.05, 0.1) is 35.2 Å². The number of rotatable bonds is 6. The number of ether oxygens (including phenoxy) is 2. The Kier molecular flexibility index (Phi) is 7.88. The molecule has 0 spiro atoms. The number of nitrogen functional groups attached to an aromatic ring is 1. The number of fused-ring (bicyclic) bond motifs is 2. The number of carbonyl (C=O) groups excluding carboxylic acids is 3. The zero-order valence-electron chi connectivity index (χ0n) is 26.6. The lowest BCUT2D eigenvalue weighted by molar-refractivity contribution is -0.124. The number of imide groups is 1. The van der Waals surface area contributed by atoms with Crippen molar-refractivity contribution in [1.82, 2.24) is 30.0 Å². The second-order valence-corrected chi connectivity index (χ2v) is 12.4. The fraction of sp³-hybridized carbons (Fsp3) is 0.278. The number of hydrogen-bond acceptors (Lipinski definition) is 10. The average molecular weight is 659 g/mol. The molecule has 3 aromatic carbocycles. The van der Waals surface area contributed by atoms with E-state index < -0.39 is 6.04 Å². The van der Waals surface area contributed by atoms with E-state index in [-0.39, 0.29) is 43.5 Å². The van der Waals surface area contributed by atoms with Gasteiger partial charge in [-0.05, 0) is 73.9 Å². The Labute approximate surface area is 281 Å². The Balaban J connectivity index is 0.992. The number of aromatic nitrogens is 4. The highest BCUT2D eigenvalue weighted by atomic mass is 16.5. The minimum atomic E-state index is -0.496. The van der Waals surface area contributed by atoms with Gasteiger partial charge < -0.3 is 25.4 Å². The fourth-order valence-electron chi connectivity index (χ4n) is 6.90. The van der Waals surface area contributed by atoms with Crippen molar-refractivity contribution in [3.8, 4) is 22.8 Å². The summed E-state index contributed by atoms with van der Waals surface area (Å²) in [4.78, 5) is 51.1. The summed E-state index contributed by atoms with van der Waals surface area (Å²) in [5, 5.41) is 8.40. The van der Waals surface area contributed by atoms with Crippen LogP contribution in [-0.2, 0) is 9.53 Å². The first-order valence-corrected chi connectivity index (χ1v) is 16.4. The molecule has 2 saturated heterocycles. The van der Waals surface area contributed by atoms with Gasteiger partial charge in [0.2, 0.25) is 5.91 Å². The number of nitrogens with zero attached hydrogens (tertiary/aromatic N) is 6. The number of anilines is 2. The van der Waals surface area contributed by atoms with Crippen LogP contribution in [0, 0.1) is 0 Å². The van der Waals surface area contributed by atoms with Crippen molar-refractivity contribution in [1.29, 1.82) is 0 Å². The molecule has 5 aromatic rings. The second-order valence-electron chi connectivity index (χ2n) is 12.4. The first-order chi connectivity index (χ1) is 23.9. The number of amides is 3. The molecule has 2 aromatic heterocycles. The monoisotopic (exact) mass is 658 g/mol. The molecule has 0 radical (unpaired) electrons. The van der Waals surface area contributed by atoms with Crippen LogP contribution in [0.2, 0.25) is 0 Å². The maximum absolute atomic E-state index is 13.5. The van der Waals surface area contributed by atoms with Gasteiger partial charge in [-0.2, -0.15) is 5.10 Å². The van der Waals surface area contributed by atoms with Crippen LogP contribution in [0.5, 0.6) is 11.5 Å². The van der Waals surface area contributed by atoms with E-state index in [1.54, 1.807) is 6.07 Å². The second kappa shape index (κ2) is 12.7. The Bertz CT molecular complexity index is 2060. The van der Waals surface area contributed by atoms with Crippen LogP contribution in [0.3, 0.4) is 0 Å².